The number of halogens is 2. The first-order valence-corrected chi connectivity index (χ1v) is 6.22. The van der Waals surface area contributed by atoms with Crippen molar-refractivity contribution in [3.05, 3.63) is 33.5 Å². The van der Waals surface area contributed by atoms with E-state index in [-0.39, 0.29) is 11.6 Å². The standard InChI is InChI=1S/C10H8BrFOS/c11-7-1-2-8(12)6-5-14-4-3-9(13)10(6)7/h1-2H,3-5H2. The van der Waals surface area contributed by atoms with Crippen LogP contribution in [-0.2, 0) is 5.75 Å². The van der Waals surface area contributed by atoms with Crippen molar-refractivity contribution in [3.8, 4) is 0 Å². The summed E-state index contributed by atoms with van der Waals surface area (Å²) >= 11 is 4.90. The van der Waals surface area contributed by atoms with Crippen LogP contribution in [0.5, 0.6) is 0 Å². The molecule has 1 aliphatic heterocycles. The fourth-order valence-electron chi connectivity index (χ4n) is 1.50. The first-order valence-electron chi connectivity index (χ1n) is 4.28. The summed E-state index contributed by atoms with van der Waals surface area (Å²) in [5, 5.41) is 0. The summed E-state index contributed by atoms with van der Waals surface area (Å²) in [6.07, 6.45) is 0.500. The van der Waals surface area contributed by atoms with Gasteiger partial charge in [0.1, 0.15) is 5.82 Å². The molecule has 1 aromatic rings. The zero-order chi connectivity index (χ0) is 10.1. The summed E-state index contributed by atoms with van der Waals surface area (Å²) in [6, 6.07) is 3.00. The molecule has 0 spiro atoms. The van der Waals surface area contributed by atoms with Crippen molar-refractivity contribution in [2.75, 3.05) is 5.75 Å². The van der Waals surface area contributed by atoms with E-state index in [1.54, 1.807) is 17.8 Å². The zero-order valence-corrected chi connectivity index (χ0v) is 9.75. The number of thioether (sulfide) groups is 1. The van der Waals surface area contributed by atoms with Crippen LogP contribution in [0.15, 0.2) is 16.6 Å². The van der Waals surface area contributed by atoms with Crippen LogP contribution in [-0.4, -0.2) is 11.5 Å². The van der Waals surface area contributed by atoms with Crippen LogP contribution in [0.2, 0.25) is 0 Å². The smallest absolute Gasteiger partial charge is 0.165 e. The first-order chi connectivity index (χ1) is 6.70. The Bertz CT molecular complexity index is 392. The highest BCUT2D eigenvalue weighted by molar-refractivity contribution is 9.10. The molecule has 0 N–H and O–H groups in total. The van der Waals surface area contributed by atoms with E-state index in [0.717, 1.165) is 5.75 Å². The van der Waals surface area contributed by atoms with Crippen molar-refractivity contribution in [3.63, 3.8) is 0 Å². The largest absolute Gasteiger partial charge is 0.294 e. The Kier molecular flexibility index (Phi) is 2.93. The lowest BCUT2D eigenvalue weighted by atomic mass is 10.0. The maximum absolute atomic E-state index is 13.4. The van der Waals surface area contributed by atoms with E-state index >= 15 is 0 Å². The number of ketones is 1. The minimum Gasteiger partial charge on any atom is -0.294 e. The van der Waals surface area contributed by atoms with Crippen LogP contribution in [0, 0.1) is 5.82 Å². The third-order valence-electron chi connectivity index (χ3n) is 2.20. The molecule has 2 rings (SSSR count). The molecule has 0 aliphatic carbocycles. The number of carbonyl (C=O) groups is 1. The molecule has 4 heteroatoms. The quantitative estimate of drug-likeness (QED) is 0.721. The van der Waals surface area contributed by atoms with Crippen molar-refractivity contribution in [1.29, 1.82) is 0 Å². The van der Waals surface area contributed by atoms with E-state index < -0.39 is 0 Å². The Morgan fingerprint density at radius 1 is 1.43 bits per heavy atom. The number of hydrogen-bond donors (Lipinski definition) is 0. The highest BCUT2D eigenvalue weighted by Gasteiger charge is 2.21. The van der Waals surface area contributed by atoms with E-state index in [2.05, 4.69) is 15.9 Å². The van der Waals surface area contributed by atoms with Crippen LogP contribution in [0.25, 0.3) is 0 Å². The van der Waals surface area contributed by atoms with E-state index in [0.29, 0.717) is 27.8 Å². The second-order valence-corrected chi connectivity index (χ2v) is 5.07. The predicted molar refractivity (Wildman–Crippen MR) is 59.2 cm³/mol. The molecule has 1 aliphatic rings. The Hall–Kier alpha value is -0.350. The summed E-state index contributed by atoms with van der Waals surface area (Å²) < 4.78 is 14.1. The topological polar surface area (TPSA) is 17.1 Å². The van der Waals surface area contributed by atoms with Gasteiger partial charge in [0.2, 0.25) is 0 Å². The van der Waals surface area contributed by atoms with Crippen molar-refractivity contribution in [2.24, 2.45) is 0 Å². The number of benzene rings is 1. The van der Waals surface area contributed by atoms with Gasteiger partial charge in [0.25, 0.3) is 0 Å². The van der Waals surface area contributed by atoms with Crippen LogP contribution >= 0.6 is 27.7 Å². The van der Waals surface area contributed by atoms with Gasteiger partial charge in [0, 0.05) is 33.5 Å². The summed E-state index contributed by atoms with van der Waals surface area (Å²) in [5.74, 6) is 1.13. The van der Waals surface area contributed by atoms with E-state index in [4.69, 9.17) is 0 Å². The third kappa shape index (κ3) is 1.73. The van der Waals surface area contributed by atoms with E-state index in [1.165, 1.54) is 6.07 Å². The number of rotatable bonds is 0. The van der Waals surface area contributed by atoms with Gasteiger partial charge >= 0.3 is 0 Å². The van der Waals surface area contributed by atoms with Gasteiger partial charge in [-0.3, -0.25) is 4.79 Å². The van der Waals surface area contributed by atoms with Crippen molar-refractivity contribution < 1.29 is 9.18 Å². The number of carbonyl (C=O) groups excluding carboxylic acids is 1. The molecular weight excluding hydrogens is 267 g/mol. The van der Waals surface area contributed by atoms with Crippen LogP contribution in [0.3, 0.4) is 0 Å². The third-order valence-corrected chi connectivity index (χ3v) is 3.85. The molecule has 1 heterocycles. The van der Waals surface area contributed by atoms with Crippen LogP contribution < -0.4 is 0 Å². The summed E-state index contributed by atoms with van der Waals surface area (Å²) in [6.45, 7) is 0. The average molecular weight is 275 g/mol. The maximum atomic E-state index is 13.4. The van der Waals surface area contributed by atoms with Gasteiger partial charge in [-0.05, 0) is 12.1 Å². The molecular formula is C10H8BrFOS. The van der Waals surface area contributed by atoms with Gasteiger partial charge in [0.05, 0.1) is 0 Å². The zero-order valence-electron chi connectivity index (χ0n) is 7.35. The molecule has 0 atom stereocenters. The Balaban J connectivity index is 2.62. The molecule has 0 unspecified atom stereocenters. The molecule has 74 valence electrons. The monoisotopic (exact) mass is 274 g/mol. The molecule has 0 amide bonds. The lowest BCUT2D eigenvalue weighted by Crippen LogP contribution is -2.04. The summed E-state index contributed by atoms with van der Waals surface area (Å²) in [7, 11) is 0. The van der Waals surface area contributed by atoms with Gasteiger partial charge in [-0.25, -0.2) is 4.39 Å². The van der Waals surface area contributed by atoms with Crippen LogP contribution in [0.1, 0.15) is 22.3 Å². The highest BCUT2D eigenvalue weighted by atomic mass is 79.9. The highest BCUT2D eigenvalue weighted by Crippen LogP contribution is 2.31. The average Bonchev–Trinajstić information content (AvgIpc) is 2.35. The van der Waals surface area contributed by atoms with Crippen LogP contribution in [0.4, 0.5) is 4.39 Å². The minimum atomic E-state index is -0.272. The van der Waals surface area contributed by atoms with Crippen molar-refractivity contribution in [2.45, 2.75) is 12.2 Å². The molecule has 0 aromatic heterocycles. The second-order valence-electron chi connectivity index (χ2n) is 3.11. The predicted octanol–water partition coefficient (Wildman–Crippen LogP) is 3.41. The van der Waals surface area contributed by atoms with Gasteiger partial charge in [-0.2, -0.15) is 11.8 Å². The summed E-state index contributed by atoms with van der Waals surface area (Å²) in [5.41, 5.74) is 1.09. The molecule has 0 radical (unpaired) electrons. The van der Waals surface area contributed by atoms with Gasteiger partial charge in [-0.1, -0.05) is 15.9 Å². The molecule has 0 fully saturated rings. The molecule has 0 bridgehead atoms. The van der Waals surface area contributed by atoms with Gasteiger partial charge in [-0.15, -0.1) is 0 Å². The SMILES string of the molecule is O=C1CCSCc2c(F)ccc(Br)c21. The Morgan fingerprint density at radius 2 is 2.21 bits per heavy atom. The van der Waals surface area contributed by atoms with Gasteiger partial charge in [0.15, 0.2) is 5.78 Å². The molecule has 0 saturated carbocycles. The lowest BCUT2D eigenvalue weighted by molar-refractivity contribution is 0.0988. The second kappa shape index (κ2) is 4.03. The molecule has 1 nitrogen and oxygen atoms in total. The molecule has 1 aromatic carbocycles. The Labute approximate surface area is 94.2 Å². The lowest BCUT2D eigenvalue weighted by Gasteiger charge is -2.07. The normalized spacial score (nSPS) is 16.3. The van der Waals surface area contributed by atoms with Gasteiger partial charge < -0.3 is 0 Å². The summed E-state index contributed by atoms with van der Waals surface area (Å²) in [4.78, 5) is 11.7. The number of Topliss-reactive ketones (excluding diaryl/α,β-unsaturated/α-hetero) is 1. The fourth-order valence-corrected chi connectivity index (χ4v) is 3.05. The first kappa shape index (κ1) is 10.2. The molecule has 0 saturated heterocycles. The van der Waals surface area contributed by atoms with Crippen molar-refractivity contribution >= 4 is 33.5 Å². The minimum absolute atomic E-state index is 0.0383. The van der Waals surface area contributed by atoms with E-state index in [1.807, 2.05) is 0 Å². The fraction of sp³-hybridized carbons (Fsp3) is 0.300. The van der Waals surface area contributed by atoms with E-state index in [9.17, 15) is 9.18 Å². The number of hydrogen-bond acceptors (Lipinski definition) is 2. The van der Waals surface area contributed by atoms with Crippen molar-refractivity contribution in [1.82, 2.24) is 0 Å². The Morgan fingerprint density at radius 3 is 3.00 bits per heavy atom. The maximum Gasteiger partial charge on any atom is 0.165 e. The molecule has 14 heavy (non-hydrogen) atoms. The number of fused-ring (bicyclic) bond motifs is 1.